The van der Waals surface area contributed by atoms with Crippen LogP contribution in [0.5, 0.6) is 0 Å². The van der Waals surface area contributed by atoms with Crippen LogP contribution in [0.1, 0.15) is 11.1 Å². The summed E-state index contributed by atoms with van der Waals surface area (Å²) in [6.45, 7) is 0.800. The van der Waals surface area contributed by atoms with Crippen LogP contribution in [0.3, 0.4) is 0 Å². The van der Waals surface area contributed by atoms with Crippen molar-refractivity contribution in [1.29, 1.82) is 0 Å². The third kappa shape index (κ3) is 4.47. The minimum Gasteiger partial charge on any atom is -0.473 e. The van der Waals surface area contributed by atoms with E-state index < -0.39 is 0 Å². The van der Waals surface area contributed by atoms with Crippen molar-refractivity contribution >= 4 is 28.5 Å². The fraction of sp³-hybridized carbons (Fsp3) is 0.167. The lowest BCUT2D eigenvalue weighted by atomic mass is 10.2. The number of hydrogen-bond donors (Lipinski definition) is 1. The molecule has 1 amide bonds. The smallest absolute Gasteiger partial charge is 0.267 e. The summed E-state index contributed by atoms with van der Waals surface area (Å²) < 4.78 is 32.2. The molecule has 0 aromatic heterocycles. The molecule has 2 aromatic carbocycles. The maximum atomic E-state index is 13.3. The molecule has 0 spiro atoms. The SMILES string of the molecule is O=C1C(I)=C(OCc2ccc(F)cc2)NCN1Cc1cccc(F)c1. The molecule has 0 saturated heterocycles. The topological polar surface area (TPSA) is 41.6 Å². The van der Waals surface area contributed by atoms with Crippen molar-refractivity contribution in [2.45, 2.75) is 13.2 Å². The van der Waals surface area contributed by atoms with E-state index in [4.69, 9.17) is 4.74 Å². The van der Waals surface area contributed by atoms with Crippen LogP contribution in [0.25, 0.3) is 0 Å². The molecule has 4 nitrogen and oxygen atoms in total. The van der Waals surface area contributed by atoms with Crippen molar-refractivity contribution < 1.29 is 18.3 Å². The van der Waals surface area contributed by atoms with Gasteiger partial charge >= 0.3 is 0 Å². The Bertz CT molecular complexity index is 809. The number of nitrogens with zero attached hydrogens (tertiary/aromatic N) is 1. The molecular weight excluding hydrogens is 441 g/mol. The lowest BCUT2D eigenvalue weighted by molar-refractivity contribution is -0.128. The molecule has 130 valence electrons. The van der Waals surface area contributed by atoms with Gasteiger partial charge in [0.25, 0.3) is 5.91 Å². The molecule has 0 atom stereocenters. The van der Waals surface area contributed by atoms with Gasteiger partial charge in [-0.3, -0.25) is 4.79 Å². The number of hydrogen-bond acceptors (Lipinski definition) is 3. The summed E-state index contributed by atoms with van der Waals surface area (Å²) in [4.78, 5) is 14.0. The molecule has 2 aromatic rings. The van der Waals surface area contributed by atoms with Gasteiger partial charge < -0.3 is 15.0 Å². The van der Waals surface area contributed by atoms with Crippen LogP contribution in [0.15, 0.2) is 58.0 Å². The highest BCUT2D eigenvalue weighted by molar-refractivity contribution is 14.1. The van der Waals surface area contributed by atoms with Crippen LogP contribution in [-0.4, -0.2) is 17.5 Å². The predicted molar refractivity (Wildman–Crippen MR) is 97.2 cm³/mol. The number of amides is 1. The number of benzene rings is 2. The molecule has 0 radical (unpaired) electrons. The Morgan fingerprint density at radius 3 is 2.56 bits per heavy atom. The average Bonchev–Trinajstić information content (AvgIpc) is 2.60. The van der Waals surface area contributed by atoms with Crippen molar-refractivity contribution in [3.8, 4) is 0 Å². The quantitative estimate of drug-likeness (QED) is 0.699. The van der Waals surface area contributed by atoms with Gasteiger partial charge in [-0.25, -0.2) is 8.78 Å². The maximum absolute atomic E-state index is 13.3. The highest BCUT2D eigenvalue weighted by Crippen LogP contribution is 2.22. The van der Waals surface area contributed by atoms with Crippen LogP contribution in [0, 0.1) is 11.6 Å². The number of rotatable bonds is 5. The second kappa shape index (κ2) is 7.81. The van der Waals surface area contributed by atoms with E-state index in [1.54, 1.807) is 29.2 Å². The fourth-order valence-corrected chi connectivity index (χ4v) is 3.07. The molecule has 1 heterocycles. The molecule has 0 bridgehead atoms. The number of halogens is 3. The summed E-state index contributed by atoms with van der Waals surface area (Å²) in [5.74, 6) is -0.428. The van der Waals surface area contributed by atoms with Gasteiger partial charge in [-0.05, 0) is 58.0 Å². The van der Waals surface area contributed by atoms with Crippen LogP contribution >= 0.6 is 22.6 Å². The van der Waals surface area contributed by atoms with E-state index in [1.165, 1.54) is 24.3 Å². The summed E-state index contributed by atoms with van der Waals surface area (Å²) in [5, 5.41) is 3.05. The van der Waals surface area contributed by atoms with Crippen LogP contribution in [0.2, 0.25) is 0 Å². The number of carbonyl (C=O) groups is 1. The van der Waals surface area contributed by atoms with Crippen molar-refractivity contribution in [1.82, 2.24) is 10.2 Å². The maximum Gasteiger partial charge on any atom is 0.267 e. The lowest BCUT2D eigenvalue weighted by Crippen LogP contribution is -2.43. The van der Waals surface area contributed by atoms with Crippen molar-refractivity contribution in [2.24, 2.45) is 0 Å². The van der Waals surface area contributed by atoms with Crippen molar-refractivity contribution in [3.63, 3.8) is 0 Å². The second-order valence-corrected chi connectivity index (χ2v) is 6.60. The van der Waals surface area contributed by atoms with E-state index in [2.05, 4.69) is 5.32 Å². The Morgan fingerprint density at radius 1 is 1.08 bits per heavy atom. The zero-order valence-corrected chi connectivity index (χ0v) is 15.3. The third-order valence-corrected chi connectivity index (χ3v) is 4.62. The number of nitrogens with one attached hydrogen (secondary N) is 1. The summed E-state index contributed by atoms with van der Waals surface area (Å²) in [6.07, 6.45) is 0. The highest BCUT2D eigenvalue weighted by Gasteiger charge is 2.26. The molecule has 7 heteroatoms. The van der Waals surface area contributed by atoms with Crippen LogP contribution in [0.4, 0.5) is 8.78 Å². The van der Waals surface area contributed by atoms with Crippen LogP contribution in [-0.2, 0) is 22.7 Å². The molecule has 25 heavy (non-hydrogen) atoms. The van der Waals surface area contributed by atoms with Crippen molar-refractivity contribution in [2.75, 3.05) is 6.67 Å². The van der Waals surface area contributed by atoms with E-state index in [-0.39, 0.29) is 30.8 Å². The van der Waals surface area contributed by atoms with E-state index in [9.17, 15) is 13.6 Å². The summed E-state index contributed by atoms with van der Waals surface area (Å²) in [5.41, 5.74) is 1.52. The minimum absolute atomic E-state index is 0.183. The molecule has 1 aliphatic heterocycles. The van der Waals surface area contributed by atoms with Gasteiger partial charge in [0, 0.05) is 6.54 Å². The van der Waals surface area contributed by atoms with Gasteiger partial charge in [0.2, 0.25) is 5.88 Å². The molecule has 0 saturated carbocycles. The minimum atomic E-state index is -0.330. The second-order valence-electron chi connectivity index (χ2n) is 5.53. The molecule has 0 fully saturated rings. The Labute approximate surface area is 157 Å². The molecule has 1 aliphatic rings. The van der Waals surface area contributed by atoms with Crippen LogP contribution < -0.4 is 5.32 Å². The summed E-state index contributed by atoms with van der Waals surface area (Å²) >= 11 is 1.92. The van der Waals surface area contributed by atoms with Crippen molar-refractivity contribution in [3.05, 3.63) is 80.8 Å². The van der Waals surface area contributed by atoms with E-state index in [0.29, 0.717) is 16.0 Å². The summed E-state index contributed by atoms with van der Waals surface area (Å²) in [6, 6.07) is 12.1. The molecular formula is C18H15F2IN2O2. The first-order valence-corrected chi connectivity index (χ1v) is 8.65. The van der Waals surface area contributed by atoms with Gasteiger partial charge in [0.15, 0.2) is 0 Å². The first-order valence-electron chi connectivity index (χ1n) is 7.57. The molecule has 0 aliphatic carbocycles. The lowest BCUT2D eigenvalue weighted by Gasteiger charge is -2.29. The number of ether oxygens (including phenoxy) is 1. The predicted octanol–water partition coefficient (Wildman–Crippen LogP) is 3.68. The highest BCUT2D eigenvalue weighted by atomic mass is 127. The normalized spacial score (nSPS) is 14.5. The standard InChI is InChI=1S/C18H15F2IN2O2/c19-14-6-4-12(5-7-14)10-25-17-16(21)18(24)23(11-22-17)9-13-2-1-3-15(20)8-13/h1-8,22H,9-11H2. The molecule has 0 unspecified atom stereocenters. The van der Waals surface area contributed by atoms with E-state index in [0.717, 1.165) is 11.1 Å². The summed E-state index contributed by atoms with van der Waals surface area (Å²) in [7, 11) is 0. The van der Waals surface area contributed by atoms with Gasteiger partial charge in [0.05, 0.1) is 6.67 Å². The zero-order chi connectivity index (χ0) is 17.8. The Kier molecular flexibility index (Phi) is 5.52. The largest absolute Gasteiger partial charge is 0.473 e. The molecule has 3 rings (SSSR count). The van der Waals surface area contributed by atoms with Gasteiger partial charge in [-0.2, -0.15) is 0 Å². The van der Waals surface area contributed by atoms with E-state index >= 15 is 0 Å². The van der Waals surface area contributed by atoms with Gasteiger partial charge in [0.1, 0.15) is 21.8 Å². The molecule has 1 N–H and O–H groups in total. The monoisotopic (exact) mass is 456 g/mol. The van der Waals surface area contributed by atoms with E-state index in [1.807, 2.05) is 22.6 Å². The Morgan fingerprint density at radius 2 is 1.84 bits per heavy atom. The third-order valence-electron chi connectivity index (χ3n) is 3.66. The van der Waals surface area contributed by atoms with Gasteiger partial charge in [-0.1, -0.05) is 24.3 Å². The zero-order valence-electron chi connectivity index (χ0n) is 13.1. The average molecular weight is 456 g/mol. The number of carbonyl (C=O) groups excluding carboxylic acids is 1. The van der Waals surface area contributed by atoms with Gasteiger partial charge in [-0.15, -0.1) is 0 Å². The first-order chi connectivity index (χ1) is 12.0. The fourth-order valence-electron chi connectivity index (χ4n) is 2.39. The Balaban J connectivity index is 1.64. The first kappa shape index (κ1) is 17.7. The Hall–Kier alpha value is -2.16.